The van der Waals surface area contributed by atoms with Gasteiger partial charge in [0.05, 0.1) is 23.2 Å². The number of nitro benzene ring substituents is 1. The standard InChI is InChI=1S/C15H15N3O4/c1-10-3-6-15(22-10)13(9-21-2)17-12-5-4-11(8-16)7-14(12)18(19)20/h3-7,13,17H,9H2,1-2H3/t13-/m1/s1. The molecule has 0 unspecified atom stereocenters. The highest BCUT2D eigenvalue weighted by atomic mass is 16.6. The Labute approximate surface area is 127 Å². The number of nitriles is 1. The van der Waals surface area contributed by atoms with Crippen LogP contribution in [0, 0.1) is 28.4 Å². The number of hydrogen-bond donors (Lipinski definition) is 1. The van der Waals surface area contributed by atoms with E-state index in [1.807, 2.05) is 19.1 Å². The molecular weight excluding hydrogens is 286 g/mol. The zero-order valence-corrected chi connectivity index (χ0v) is 12.2. The number of hydrogen-bond acceptors (Lipinski definition) is 6. The van der Waals surface area contributed by atoms with Crippen LogP contribution in [0.1, 0.15) is 23.1 Å². The zero-order valence-electron chi connectivity index (χ0n) is 12.2. The molecule has 1 aromatic carbocycles. The van der Waals surface area contributed by atoms with Gasteiger partial charge in [-0.25, -0.2) is 0 Å². The molecule has 0 amide bonds. The Balaban J connectivity index is 2.34. The SMILES string of the molecule is COC[C@@H](Nc1ccc(C#N)cc1[N+](=O)[O-])c1ccc(C)o1. The quantitative estimate of drug-likeness (QED) is 0.649. The molecule has 1 atom stereocenters. The van der Waals surface area contributed by atoms with E-state index in [9.17, 15) is 10.1 Å². The normalized spacial score (nSPS) is 11.7. The van der Waals surface area contributed by atoms with Crippen LogP contribution >= 0.6 is 0 Å². The van der Waals surface area contributed by atoms with Crippen molar-refractivity contribution >= 4 is 11.4 Å². The van der Waals surface area contributed by atoms with Crippen LogP contribution in [-0.4, -0.2) is 18.6 Å². The van der Waals surface area contributed by atoms with Crippen LogP contribution < -0.4 is 5.32 Å². The third-order valence-electron chi connectivity index (χ3n) is 3.09. The van der Waals surface area contributed by atoms with Crippen LogP contribution in [0.25, 0.3) is 0 Å². The molecule has 0 aliphatic carbocycles. The summed E-state index contributed by atoms with van der Waals surface area (Å²) in [4.78, 5) is 10.6. The number of furan rings is 1. The molecule has 0 spiro atoms. The number of nitrogens with zero attached hydrogens (tertiary/aromatic N) is 2. The van der Waals surface area contributed by atoms with E-state index >= 15 is 0 Å². The van der Waals surface area contributed by atoms with E-state index < -0.39 is 4.92 Å². The topological polar surface area (TPSA) is 101 Å². The van der Waals surface area contributed by atoms with E-state index in [0.717, 1.165) is 5.76 Å². The molecule has 0 aliphatic heterocycles. The maximum atomic E-state index is 11.2. The average Bonchev–Trinajstić information content (AvgIpc) is 2.93. The molecule has 0 saturated carbocycles. The van der Waals surface area contributed by atoms with E-state index in [2.05, 4.69) is 5.32 Å². The van der Waals surface area contributed by atoms with E-state index in [-0.39, 0.29) is 23.9 Å². The van der Waals surface area contributed by atoms with Gasteiger partial charge >= 0.3 is 0 Å². The van der Waals surface area contributed by atoms with Crippen molar-refractivity contribution in [2.75, 3.05) is 19.0 Å². The number of aryl methyl sites for hydroxylation is 1. The summed E-state index contributed by atoms with van der Waals surface area (Å²) in [5.41, 5.74) is 0.373. The predicted octanol–water partition coefficient (Wildman–Crippen LogP) is 3.17. The van der Waals surface area contributed by atoms with Crippen molar-refractivity contribution < 1.29 is 14.1 Å². The van der Waals surface area contributed by atoms with E-state index in [4.69, 9.17) is 14.4 Å². The molecule has 0 bridgehead atoms. The van der Waals surface area contributed by atoms with Crippen molar-refractivity contribution in [3.63, 3.8) is 0 Å². The lowest BCUT2D eigenvalue weighted by Gasteiger charge is -2.17. The summed E-state index contributed by atoms with van der Waals surface area (Å²) in [5, 5.41) is 23.1. The summed E-state index contributed by atoms with van der Waals surface area (Å²) in [6, 6.07) is 9.39. The molecule has 2 aromatic rings. The fraction of sp³-hybridized carbons (Fsp3) is 0.267. The smallest absolute Gasteiger partial charge is 0.293 e. The van der Waals surface area contributed by atoms with Gasteiger partial charge in [0, 0.05) is 13.2 Å². The third-order valence-corrected chi connectivity index (χ3v) is 3.09. The number of rotatable bonds is 6. The van der Waals surface area contributed by atoms with Crippen molar-refractivity contribution in [1.82, 2.24) is 0 Å². The van der Waals surface area contributed by atoms with Crippen molar-refractivity contribution in [3.8, 4) is 6.07 Å². The van der Waals surface area contributed by atoms with Crippen LogP contribution in [0.15, 0.2) is 34.7 Å². The lowest BCUT2D eigenvalue weighted by Crippen LogP contribution is -2.16. The Hall–Kier alpha value is -2.85. The summed E-state index contributed by atoms with van der Waals surface area (Å²) in [5.74, 6) is 1.37. The van der Waals surface area contributed by atoms with Gasteiger partial charge in [-0.15, -0.1) is 0 Å². The Kier molecular flexibility index (Phi) is 4.76. The number of benzene rings is 1. The first kappa shape index (κ1) is 15.5. The van der Waals surface area contributed by atoms with Crippen LogP contribution in [0.4, 0.5) is 11.4 Å². The highest BCUT2D eigenvalue weighted by Gasteiger charge is 2.21. The number of nitrogens with one attached hydrogen (secondary N) is 1. The first-order chi connectivity index (χ1) is 10.5. The van der Waals surface area contributed by atoms with Crippen LogP contribution in [0.5, 0.6) is 0 Å². The number of anilines is 1. The Bertz CT molecular complexity index is 718. The zero-order chi connectivity index (χ0) is 16.1. The molecular formula is C15H15N3O4. The van der Waals surface area contributed by atoms with Gasteiger partial charge in [0.15, 0.2) is 0 Å². The highest BCUT2D eigenvalue weighted by Crippen LogP contribution is 2.30. The van der Waals surface area contributed by atoms with Gasteiger partial charge in [-0.05, 0) is 31.2 Å². The molecule has 7 nitrogen and oxygen atoms in total. The van der Waals surface area contributed by atoms with Gasteiger partial charge in [0.1, 0.15) is 23.2 Å². The number of nitro groups is 1. The largest absolute Gasteiger partial charge is 0.464 e. The van der Waals surface area contributed by atoms with Gasteiger partial charge in [0.2, 0.25) is 0 Å². The second kappa shape index (κ2) is 6.74. The van der Waals surface area contributed by atoms with Crippen LogP contribution in [-0.2, 0) is 4.74 Å². The summed E-state index contributed by atoms with van der Waals surface area (Å²) >= 11 is 0. The maximum Gasteiger partial charge on any atom is 0.293 e. The minimum atomic E-state index is -0.527. The fourth-order valence-electron chi connectivity index (χ4n) is 2.06. The Morgan fingerprint density at radius 1 is 1.45 bits per heavy atom. The van der Waals surface area contributed by atoms with E-state index in [1.165, 1.54) is 25.3 Å². The summed E-state index contributed by atoms with van der Waals surface area (Å²) in [6.07, 6.45) is 0. The second-order valence-corrected chi connectivity index (χ2v) is 4.70. The van der Waals surface area contributed by atoms with Gasteiger partial charge < -0.3 is 14.5 Å². The molecule has 2 rings (SSSR count). The van der Waals surface area contributed by atoms with Gasteiger partial charge in [-0.3, -0.25) is 10.1 Å². The molecule has 7 heteroatoms. The predicted molar refractivity (Wildman–Crippen MR) is 79.5 cm³/mol. The lowest BCUT2D eigenvalue weighted by molar-refractivity contribution is -0.384. The van der Waals surface area contributed by atoms with Crippen LogP contribution in [0.3, 0.4) is 0 Å². The molecule has 22 heavy (non-hydrogen) atoms. The molecule has 0 radical (unpaired) electrons. The molecule has 1 N–H and O–H groups in total. The molecule has 114 valence electrons. The average molecular weight is 301 g/mol. The second-order valence-electron chi connectivity index (χ2n) is 4.70. The third kappa shape index (κ3) is 3.42. The number of ether oxygens (including phenoxy) is 1. The van der Waals surface area contributed by atoms with Gasteiger partial charge in [-0.1, -0.05) is 0 Å². The van der Waals surface area contributed by atoms with Crippen molar-refractivity contribution in [2.45, 2.75) is 13.0 Å². The minimum Gasteiger partial charge on any atom is -0.464 e. The Morgan fingerprint density at radius 3 is 2.77 bits per heavy atom. The molecule has 0 fully saturated rings. The minimum absolute atomic E-state index is 0.163. The van der Waals surface area contributed by atoms with Crippen molar-refractivity contribution in [2.24, 2.45) is 0 Å². The van der Waals surface area contributed by atoms with Gasteiger partial charge in [0.25, 0.3) is 5.69 Å². The highest BCUT2D eigenvalue weighted by molar-refractivity contribution is 5.64. The van der Waals surface area contributed by atoms with E-state index in [1.54, 1.807) is 6.07 Å². The van der Waals surface area contributed by atoms with Crippen molar-refractivity contribution in [1.29, 1.82) is 5.26 Å². The molecule has 0 aliphatic rings. The summed E-state index contributed by atoms with van der Waals surface area (Å²) < 4.78 is 10.7. The lowest BCUT2D eigenvalue weighted by atomic mass is 10.1. The maximum absolute atomic E-state index is 11.2. The first-order valence-corrected chi connectivity index (χ1v) is 6.55. The number of methoxy groups -OCH3 is 1. The Morgan fingerprint density at radius 2 is 2.23 bits per heavy atom. The fourth-order valence-corrected chi connectivity index (χ4v) is 2.06. The monoisotopic (exact) mass is 301 g/mol. The summed E-state index contributed by atoms with van der Waals surface area (Å²) in [7, 11) is 1.54. The first-order valence-electron chi connectivity index (χ1n) is 6.55. The summed E-state index contributed by atoms with van der Waals surface area (Å²) in [6.45, 7) is 2.10. The van der Waals surface area contributed by atoms with E-state index in [0.29, 0.717) is 11.4 Å². The van der Waals surface area contributed by atoms with Crippen molar-refractivity contribution in [3.05, 3.63) is 57.5 Å². The molecule has 0 saturated heterocycles. The molecule has 1 aromatic heterocycles. The molecule has 1 heterocycles. The van der Waals surface area contributed by atoms with Crippen LogP contribution in [0.2, 0.25) is 0 Å². The van der Waals surface area contributed by atoms with Gasteiger partial charge in [-0.2, -0.15) is 5.26 Å².